The number of aliphatic hydroxyl groups is 1. The third-order valence-corrected chi connectivity index (χ3v) is 3.94. The Morgan fingerprint density at radius 2 is 2.11 bits per heavy atom. The third-order valence-electron chi connectivity index (χ3n) is 3.94. The molecule has 0 bridgehead atoms. The summed E-state index contributed by atoms with van der Waals surface area (Å²) in [5, 5.41) is 15.6. The SMILES string of the molecule is CN(CC1(O)CCCC1)c1ncnc2c1cnn2C. The van der Waals surface area contributed by atoms with Crippen LogP contribution in [0, 0.1) is 0 Å². The van der Waals surface area contributed by atoms with Crippen LogP contribution in [-0.4, -0.2) is 44.0 Å². The second kappa shape index (κ2) is 4.45. The molecule has 2 aromatic rings. The molecule has 102 valence electrons. The second-order valence-corrected chi connectivity index (χ2v) is 5.49. The Balaban J connectivity index is 1.91. The molecule has 6 heteroatoms. The average Bonchev–Trinajstić information content (AvgIpc) is 2.97. The van der Waals surface area contributed by atoms with Gasteiger partial charge in [-0.1, -0.05) is 12.8 Å². The van der Waals surface area contributed by atoms with Crippen LogP contribution >= 0.6 is 0 Å². The molecular weight excluding hydrogens is 242 g/mol. The summed E-state index contributed by atoms with van der Waals surface area (Å²) in [6.07, 6.45) is 7.29. The maximum Gasteiger partial charge on any atom is 0.163 e. The number of anilines is 1. The monoisotopic (exact) mass is 261 g/mol. The molecule has 6 nitrogen and oxygen atoms in total. The molecule has 1 aliphatic rings. The Kier molecular flexibility index (Phi) is 2.89. The highest BCUT2D eigenvalue weighted by atomic mass is 16.3. The van der Waals surface area contributed by atoms with E-state index in [0.29, 0.717) is 6.54 Å². The summed E-state index contributed by atoms with van der Waals surface area (Å²) in [5.41, 5.74) is 0.240. The van der Waals surface area contributed by atoms with Gasteiger partial charge < -0.3 is 10.0 Å². The lowest BCUT2D eigenvalue weighted by molar-refractivity contribution is 0.0558. The Hall–Kier alpha value is -1.69. The number of aromatic nitrogens is 4. The van der Waals surface area contributed by atoms with Gasteiger partial charge in [-0.3, -0.25) is 4.68 Å². The van der Waals surface area contributed by atoms with E-state index < -0.39 is 5.60 Å². The van der Waals surface area contributed by atoms with Crippen LogP contribution in [-0.2, 0) is 7.05 Å². The molecule has 0 amide bonds. The zero-order valence-electron chi connectivity index (χ0n) is 11.4. The van der Waals surface area contributed by atoms with E-state index >= 15 is 0 Å². The zero-order chi connectivity index (χ0) is 13.5. The number of nitrogens with zero attached hydrogens (tertiary/aromatic N) is 5. The minimum absolute atomic E-state index is 0.575. The highest BCUT2D eigenvalue weighted by Gasteiger charge is 2.33. The minimum Gasteiger partial charge on any atom is -0.388 e. The van der Waals surface area contributed by atoms with E-state index in [0.717, 1.165) is 42.5 Å². The number of aryl methyl sites for hydroxylation is 1. The van der Waals surface area contributed by atoms with Crippen molar-refractivity contribution < 1.29 is 5.11 Å². The molecule has 19 heavy (non-hydrogen) atoms. The van der Waals surface area contributed by atoms with Gasteiger partial charge in [-0.15, -0.1) is 0 Å². The quantitative estimate of drug-likeness (QED) is 0.896. The summed E-state index contributed by atoms with van der Waals surface area (Å²) in [6, 6.07) is 0. The van der Waals surface area contributed by atoms with Crippen LogP contribution in [0.4, 0.5) is 5.82 Å². The van der Waals surface area contributed by atoms with Crippen LogP contribution in [0.25, 0.3) is 11.0 Å². The summed E-state index contributed by atoms with van der Waals surface area (Å²) < 4.78 is 1.73. The highest BCUT2D eigenvalue weighted by molar-refractivity contribution is 5.86. The largest absolute Gasteiger partial charge is 0.388 e. The Bertz CT molecular complexity index is 588. The fourth-order valence-electron chi connectivity index (χ4n) is 2.96. The van der Waals surface area contributed by atoms with E-state index in [-0.39, 0.29) is 0 Å². The smallest absolute Gasteiger partial charge is 0.163 e. The van der Waals surface area contributed by atoms with Gasteiger partial charge in [-0.05, 0) is 12.8 Å². The molecule has 0 spiro atoms. The number of hydrogen-bond donors (Lipinski definition) is 1. The van der Waals surface area contributed by atoms with E-state index in [9.17, 15) is 5.11 Å². The normalized spacial score (nSPS) is 18.1. The van der Waals surface area contributed by atoms with Crippen LogP contribution in [0.2, 0.25) is 0 Å². The second-order valence-electron chi connectivity index (χ2n) is 5.49. The molecule has 2 aromatic heterocycles. The van der Waals surface area contributed by atoms with Gasteiger partial charge in [0.15, 0.2) is 5.65 Å². The summed E-state index contributed by atoms with van der Waals surface area (Å²) in [7, 11) is 3.83. The molecule has 1 saturated carbocycles. The van der Waals surface area contributed by atoms with Crippen LogP contribution < -0.4 is 4.90 Å². The summed E-state index contributed by atoms with van der Waals surface area (Å²) in [6.45, 7) is 0.605. The van der Waals surface area contributed by atoms with Crippen molar-refractivity contribution in [3.05, 3.63) is 12.5 Å². The van der Waals surface area contributed by atoms with Crippen molar-refractivity contribution in [2.75, 3.05) is 18.5 Å². The Labute approximate surface area is 112 Å². The molecule has 1 N–H and O–H groups in total. The van der Waals surface area contributed by atoms with Crippen LogP contribution in [0.3, 0.4) is 0 Å². The van der Waals surface area contributed by atoms with Gasteiger partial charge in [-0.25, -0.2) is 9.97 Å². The molecule has 0 atom stereocenters. The van der Waals surface area contributed by atoms with Crippen LogP contribution in [0.5, 0.6) is 0 Å². The first-order valence-corrected chi connectivity index (χ1v) is 6.65. The molecular formula is C13H19N5O. The minimum atomic E-state index is -0.575. The molecule has 1 aliphatic carbocycles. The third kappa shape index (κ3) is 2.16. The van der Waals surface area contributed by atoms with E-state index in [1.807, 2.05) is 19.0 Å². The number of rotatable bonds is 3. The van der Waals surface area contributed by atoms with E-state index in [4.69, 9.17) is 0 Å². The first-order chi connectivity index (χ1) is 9.09. The maximum atomic E-state index is 10.5. The molecule has 3 rings (SSSR count). The number of likely N-dealkylation sites (N-methyl/N-ethyl adjacent to an activating group) is 1. The first-order valence-electron chi connectivity index (χ1n) is 6.65. The van der Waals surface area contributed by atoms with Crippen molar-refractivity contribution in [1.82, 2.24) is 19.7 Å². The summed E-state index contributed by atoms with van der Waals surface area (Å²) in [4.78, 5) is 10.6. The lowest BCUT2D eigenvalue weighted by Gasteiger charge is -2.29. The maximum absolute atomic E-state index is 10.5. The average molecular weight is 261 g/mol. The van der Waals surface area contributed by atoms with Crippen molar-refractivity contribution in [3.63, 3.8) is 0 Å². The fourth-order valence-corrected chi connectivity index (χ4v) is 2.96. The van der Waals surface area contributed by atoms with Gasteiger partial charge in [0.1, 0.15) is 12.1 Å². The standard InChI is InChI=1S/C13H19N5O/c1-17(8-13(19)5-3-4-6-13)11-10-7-16-18(2)12(10)15-9-14-11/h7,9,19H,3-6,8H2,1-2H3. The topological polar surface area (TPSA) is 67.1 Å². The van der Waals surface area contributed by atoms with Crippen molar-refractivity contribution in [1.29, 1.82) is 0 Å². The first kappa shape index (κ1) is 12.3. The van der Waals surface area contributed by atoms with Gasteiger partial charge in [0.05, 0.1) is 17.2 Å². The lowest BCUT2D eigenvalue weighted by atomic mass is 10.0. The van der Waals surface area contributed by atoms with E-state index in [1.54, 1.807) is 17.2 Å². The van der Waals surface area contributed by atoms with Crippen molar-refractivity contribution in [2.24, 2.45) is 7.05 Å². The zero-order valence-corrected chi connectivity index (χ0v) is 11.4. The van der Waals surface area contributed by atoms with Crippen molar-refractivity contribution in [3.8, 4) is 0 Å². The highest BCUT2D eigenvalue weighted by Crippen LogP contribution is 2.31. The van der Waals surface area contributed by atoms with Gasteiger partial charge in [0, 0.05) is 20.6 Å². The Morgan fingerprint density at radius 1 is 1.37 bits per heavy atom. The van der Waals surface area contributed by atoms with Gasteiger partial charge in [0.25, 0.3) is 0 Å². The molecule has 2 heterocycles. The molecule has 0 radical (unpaired) electrons. The van der Waals surface area contributed by atoms with E-state index in [2.05, 4.69) is 15.1 Å². The fraction of sp³-hybridized carbons (Fsp3) is 0.615. The predicted octanol–water partition coefficient (Wildman–Crippen LogP) is 1.10. The number of fused-ring (bicyclic) bond motifs is 1. The lowest BCUT2D eigenvalue weighted by Crippen LogP contribution is -2.39. The summed E-state index contributed by atoms with van der Waals surface area (Å²) in [5.74, 6) is 0.832. The number of hydrogen-bond acceptors (Lipinski definition) is 5. The van der Waals surface area contributed by atoms with Gasteiger partial charge >= 0.3 is 0 Å². The van der Waals surface area contributed by atoms with Crippen LogP contribution in [0.1, 0.15) is 25.7 Å². The Morgan fingerprint density at radius 3 is 2.84 bits per heavy atom. The molecule has 0 unspecified atom stereocenters. The molecule has 0 aliphatic heterocycles. The van der Waals surface area contributed by atoms with Crippen molar-refractivity contribution >= 4 is 16.9 Å². The molecule has 0 aromatic carbocycles. The van der Waals surface area contributed by atoms with Gasteiger partial charge in [-0.2, -0.15) is 5.10 Å². The van der Waals surface area contributed by atoms with Crippen LogP contribution in [0.15, 0.2) is 12.5 Å². The molecule has 0 saturated heterocycles. The van der Waals surface area contributed by atoms with Gasteiger partial charge in [0.2, 0.25) is 0 Å². The van der Waals surface area contributed by atoms with E-state index in [1.165, 1.54) is 0 Å². The summed E-state index contributed by atoms with van der Waals surface area (Å²) >= 11 is 0. The molecule has 1 fully saturated rings. The van der Waals surface area contributed by atoms with Crippen molar-refractivity contribution in [2.45, 2.75) is 31.3 Å². The predicted molar refractivity (Wildman–Crippen MR) is 73.0 cm³/mol.